The number of nitrogens with two attached hydrogens (primary N) is 1. The summed E-state index contributed by atoms with van der Waals surface area (Å²) in [7, 11) is 0. The number of carbonyl (C=O) groups is 2. The molecule has 1 heterocycles. The van der Waals surface area contributed by atoms with Crippen LogP contribution in [0.15, 0.2) is 24.3 Å². The lowest BCUT2D eigenvalue weighted by Crippen LogP contribution is -2.38. The molecular weight excluding hydrogens is 338 g/mol. The summed E-state index contributed by atoms with van der Waals surface area (Å²) in [5.41, 5.74) is 7.38. The van der Waals surface area contributed by atoms with Gasteiger partial charge in [0.1, 0.15) is 0 Å². The molecule has 1 aliphatic rings. The van der Waals surface area contributed by atoms with Crippen LogP contribution in [0.2, 0.25) is 0 Å². The van der Waals surface area contributed by atoms with Gasteiger partial charge in [-0.05, 0) is 49.9 Å². The summed E-state index contributed by atoms with van der Waals surface area (Å²) >= 11 is 0. The number of benzene rings is 1. The molecule has 1 aliphatic heterocycles. The number of piperidine rings is 1. The third-order valence-electron chi connectivity index (χ3n) is 5.67. The van der Waals surface area contributed by atoms with Crippen LogP contribution in [0.3, 0.4) is 0 Å². The Hall–Kier alpha value is -2.04. The van der Waals surface area contributed by atoms with Crippen molar-refractivity contribution in [2.75, 3.05) is 23.3 Å². The number of hydrogen-bond donors (Lipinski definition) is 2. The van der Waals surface area contributed by atoms with Gasteiger partial charge in [0, 0.05) is 36.3 Å². The first-order valence-electron chi connectivity index (χ1n) is 10.5. The number of amides is 2. The molecule has 2 rings (SSSR count). The Morgan fingerprint density at radius 2 is 1.78 bits per heavy atom. The number of anilines is 2. The largest absolute Gasteiger partial charge is 0.371 e. The lowest BCUT2D eigenvalue weighted by Gasteiger charge is -2.32. The molecular formula is C22H35N3O2. The molecule has 1 aromatic carbocycles. The zero-order valence-corrected chi connectivity index (χ0v) is 16.9. The minimum absolute atomic E-state index is 0.00288. The number of hydrogen-bond acceptors (Lipinski definition) is 3. The minimum atomic E-state index is -0.187. The quantitative estimate of drug-likeness (QED) is 0.600. The van der Waals surface area contributed by atoms with Crippen LogP contribution in [-0.2, 0) is 9.59 Å². The van der Waals surface area contributed by atoms with Gasteiger partial charge in [-0.2, -0.15) is 0 Å². The van der Waals surface area contributed by atoms with E-state index in [1.807, 2.05) is 24.3 Å². The fourth-order valence-electron chi connectivity index (χ4n) is 3.76. The van der Waals surface area contributed by atoms with Gasteiger partial charge in [0.05, 0.1) is 0 Å². The third-order valence-corrected chi connectivity index (χ3v) is 5.67. The van der Waals surface area contributed by atoms with Crippen molar-refractivity contribution in [2.24, 2.45) is 17.6 Å². The summed E-state index contributed by atoms with van der Waals surface area (Å²) in [5.74, 6) is 0.0365. The van der Waals surface area contributed by atoms with Crippen molar-refractivity contribution < 1.29 is 9.59 Å². The molecule has 0 radical (unpaired) electrons. The van der Waals surface area contributed by atoms with Gasteiger partial charge in [0.15, 0.2) is 0 Å². The van der Waals surface area contributed by atoms with Gasteiger partial charge >= 0.3 is 0 Å². The van der Waals surface area contributed by atoms with E-state index < -0.39 is 0 Å². The first-order valence-corrected chi connectivity index (χ1v) is 10.5. The van der Waals surface area contributed by atoms with Crippen molar-refractivity contribution in [1.29, 1.82) is 0 Å². The average Bonchev–Trinajstić information content (AvgIpc) is 2.68. The molecule has 27 heavy (non-hydrogen) atoms. The molecule has 2 amide bonds. The summed E-state index contributed by atoms with van der Waals surface area (Å²) in [6.45, 7) is 5.97. The second-order valence-corrected chi connectivity index (χ2v) is 7.65. The molecule has 1 unspecified atom stereocenters. The van der Waals surface area contributed by atoms with Crippen LogP contribution in [0, 0.1) is 11.8 Å². The first-order chi connectivity index (χ1) is 13.0. The normalized spacial score (nSPS) is 16.1. The molecule has 1 saturated heterocycles. The van der Waals surface area contributed by atoms with Crippen molar-refractivity contribution in [2.45, 2.75) is 65.2 Å². The van der Waals surface area contributed by atoms with E-state index in [9.17, 15) is 9.59 Å². The zero-order chi connectivity index (χ0) is 19.6. The number of nitrogens with one attached hydrogen (secondary N) is 1. The molecule has 0 aliphatic carbocycles. The number of rotatable bonds is 10. The summed E-state index contributed by atoms with van der Waals surface area (Å²) in [4.78, 5) is 26.1. The molecule has 0 saturated carbocycles. The highest BCUT2D eigenvalue weighted by Crippen LogP contribution is 2.25. The molecule has 0 aromatic heterocycles. The van der Waals surface area contributed by atoms with E-state index in [0.29, 0.717) is 0 Å². The number of primary amides is 1. The van der Waals surface area contributed by atoms with Gasteiger partial charge in [-0.25, -0.2) is 0 Å². The SMILES string of the molecule is CCCCCCC(CC)C(=O)Nc1ccc(N2CCC(C(N)=O)CC2)cc1. The molecule has 0 bridgehead atoms. The van der Waals surface area contributed by atoms with Crippen LogP contribution >= 0.6 is 0 Å². The summed E-state index contributed by atoms with van der Waals surface area (Å²) in [6, 6.07) is 8.03. The highest BCUT2D eigenvalue weighted by atomic mass is 16.2. The van der Waals surface area contributed by atoms with Crippen molar-refractivity contribution in [3.8, 4) is 0 Å². The molecule has 0 spiro atoms. The van der Waals surface area contributed by atoms with Crippen molar-refractivity contribution in [1.82, 2.24) is 0 Å². The van der Waals surface area contributed by atoms with Crippen molar-refractivity contribution in [3.63, 3.8) is 0 Å². The maximum atomic E-state index is 12.5. The Kier molecular flexibility index (Phi) is 8.62. The topological polar surface area (TPSA) is 75.4 Å². The molecule has 3 N–H and O–H groups in total. The van der Waals surface area contributed by atoms with E-state index in [-0.39, 0.29) is 23.7 Å². The van der Waals surface area contributed by atoms with E-state index >= 15 is 0 Å². The smallest absolute Gasteiger partial charge is 0.227 e. The van der Waals surface area contributed by atoms with Crippen molar-refractivity contribution >= 4 is 23.2 Å². The van der Waals surface area contributed by atoms with Gasteiger partial charge < -0.3 is 16.0 Å². The van der Waals surface area contributed by atoms with E-state index in [2.05, 4.69) is 24.1 Å². The van der Waals surface area contributed by atoms with Gasteiger partial charge in [-0.15, -0.1) is 0 Å². The Morgan fingerprint density at radius 3 is 2.33 bits per heavy atom. The lowest BCUT2D eigenvalue weighted by molar-refractivity contribution is -0.122. The first kappa shape index (κ1) is 21.3. The summed E-state index contributed by atoms with van der Waals surface area (Å²) in [6.07, 6.45) is 8.27. The maximum Gasteiger partial charge on any atom is 0.227 e. The monoisotopic (exact) mass is 373 g/mol. The van der Waals surface area contributed by atoms with Gasteiger partial charge in [-0.3, -0.25) is 9.59 Å². The highest BCUT2D eigenvalue weighted by Gasteiger charge is 2.23. The van der Waals surface area contributed by atoms with Crippen LogP contribution in [0.25, 0.3) is 0 Å². The number of carbonyl (C=O) groups excluding carboxylic acids is 2. The van der Waals surface area contributed by atoms with E-state index in [1.54, 1.807) is 0 Å². The molecule has 150 valence electrons. The fourth-order valence-corrected chi connectivity index (χ4v) is 3.76. The molecule has 1 atom stereocenters. The van der Waals surface area contributed by atoms with Crippen LogP contribution in [0.1, 0.15) is 65.2 Å². The van der Waals surface area contributed by atoms with Crippen molar-refractivity contribution in [3.05, 3.63) is 24.3 Å². The van der Waals surface area contributed by atoms with Gasteiger partial charge in [-0.1, -0.05) is 39.5 Å². The second kappa shape index (κ2) is 11.0. The maximum absolute atomic E-state index is 12.5. The Labute approximate surface area is 163 Å². The van der Waals surface area contributed by atoms with Crippen LogP contribution < -0.4 is 16.0 Å². The second-order valence-electron chi connectivity index (χ2n) is 7.65. The summed E-state index contributed by atoms with van der Waals surface area (Å²) in [5, 5.41) is 3.07. The zero-order valence-electron chi connectivity index (χ0n) is 16.9. The number of unbranched alkanes of at least 4 members (excludes halogenated alkanes) is 3. The fraction of sp³-hybridized carbons (Fsp3) is 0.636. The van der Waals surface area contributed by atoms with Crippen LogP contribution in [0.4, 0.5) is 11.4 Å². The third kappa shape index (κ3) is 6.56. The lowest BCUT2D eigenvalue weighted by atomic mass is 9.96. The van der Waals surface area contributed by atoms with Crippen LogP contribution in [0.5, 0.6) is 0 Å². The van der Waals surface area contributed by atoms with E-state index in [4.69, 9.17) is 5.73 Å². The number of nitrogens with zero attached hydrogens (tertiary/aromatic N) is 1. The van der Waals surface area contributed by atoms with Gasteiger partial charge in [0.25, 0.3) is 0 Å². The Balaban J connectivity index is 1.84. The van der Waals surface area contributed by atoms with Crippen LogP contribution in [-0.4, -0.2) is 24.9 Å². The van der Waals surface area contributed by atoms with E-state index in [1.165, 1.54) is 19.3 Å². The standard InChI is InChI=1S/C22H35N3O2/c1-3-5-6-7-8-17(4-2)22(27)24-19-9-11-20(12-10-19)25-15-13-18(14-16-25)21(23)26/h9-12,17-18H,3-8,13-16H2,1-2H3,(H2,23,26)(H,24,27). The van der Waals surface area contributed by atoms with Gasteiger partial charge in [0.2, 0.25) is 11.8 Å². The minimum Gasteiger partial charge on any atom is -0.371 e. The average molecular weight is 374 g/mol. The molecule has 1 fully saturated rings. The molecule has 1 aromatic rings. The Bertz CT molecular complexity index is 592. The molecule has 5 nitrogen and oxygen atoms in total. The summed E-state index contributed by atoms with van der Waals surface area (Å²) < 4.78 is 0. The Morgan fingerprint density at radius 1 is 1.11 bits per heavy atom. The highest BCUT2D eigenvalue weighted by molar-refractivity contribution is 5.92. The molecule has 5 heteroatoms. The van der Waals surface area contributed by atoms with E-state index in [0.717, 1.165) is 56.6 Å². The predicted molar refractivity (Wildman–Crippen MR) is 112 cm³/mol. The predicted octanol–water partition coefficient (Wildman–Crippen LogP) is 4.32.